The van der Waals surface area contributed by atoms with Crippen molar-refractivity contribution in [1.82, 2.24) is 9.80 Å². The van der Waals surface area contributed by atoms with Crippen LogP contribution in [0, 0.1) is 5.92 Å². The monoisotopic (exact) mass is 401 g/mol. The molecule has 2 fully saturated rings. The fourth-order valence-electron chi connectivity index (χ4n) is 4.51. The van der Waals surface area contributed by atoms with Gasteiger partial charge in [-0.05, 0) is 70.7 Å². The van der Waals surface area contributed by atoms with Crippen LogP contribution >= 0.6 is 0 Å². The number of para-hydroxylation sites is 2. The van der Waals surface area contributed by atoms with Gasteiger partial charge in [-0.2, -0.15) is 0 Å². The van der Waals surface area contributed by atoms with Crippen molar-refractivity contribution in [2.45, 2.75) is 58.4 Å². The molecule has 6 nitrogen and oxygen atoms in total. The number of benzene rings is 1. The number of amides is 2. The van der Waals surface area contributed by atoms with Crippen molar-refractivity contribution in [3.63, 3.8) is 0 Å². The predicted molar refractivity (Wildman–Crippen MR) is 115 cm³/mol. The molecule has 1 aromatic carbocycles. The van der Waals surface area contributed by atoms with Crippen molar-refractivity contribution >= 4 is 17.5 Å². The van der Waals surface area contributed by atoms with Gasteiger partial charge in [0.1, 0.15) is 5.75 Å². The van der Waals surface area contributed by atoms with E-state index in [0.29, 0.717) is 24.0 Å². The van der Waals surface area contributed by atoms with E-state index in [-0.39, 0.29) is 17.9 Å². The molecule has 0 radical (unpaired) electrons. The average molecular weight is 402 g/mol. The van der Waals surface area contributed by atoms with E-state index in [1.165, 1.54) is 6.42 Å². The molecule has 0 aromatic heterocycles. The van der Waals surface area contributed by atoms with E-state index in [4.69, 9.17) is 4.74 Å². The lowest BCUT2D eigenvalue weighted by Crippen LogP contribution is -2.50. The van der Waals surface area contributed by atoms with Gasteiger partial charge in [0.05, 0.1) is 18.3 Å². The minimum Gasteiger partial charge on any atom is -0.492 e. The highest BCUT2D eigenvalue weighted by molar-refractivity contribution is 5.96. The number of hydrogen-bond acceptors (Lipinski definition) is 4. The molecule has 2 aliphatic rings. The van der Waals surface area contributed by atoms with Crippen LogP contribution in [0.2, 0.25) is 0 Å². The van der Waals surface area contributed by atoms with Gasteiger partial charge >= 0.3 is 0 Å². The van der Waals surface area contributed by atoms with Crippen LogP contribution in [0.4, 0.5) is 5.69 Å². The quantitative estimate of drug-likeness (QED) is 0.759. The smallest absolute Gasteiger partial charge is 0.241 e. The number of hydrogen-bond donors (Lipinski definition) is 1. The third kappa shape index (κ3) is 5.50. The first-order valence-electron chi connectivity index (χ1n) is 11.2. The van der Waals surface area contributed by atoms with Crippen LogP contribution in [-0.4, -0.2) is 60.4 Å². The number of nitrogens with zero attached hydrogens (tertiary/aromatic N) is 2. The minimum atomic E-state index is -0.185. The summed E-state index contributed by atoms with van der Waals surface area (Å²) in [5.41, 5.74) is 0.716. The summed E-state index contributed by atoms with van der Waals surface area (Å²) < 4.78 is 5.62. The maximum absolute atomic E-state index is 13.0. The average Bonchev–Trinajstić information content (AvgIpc) is 2.76. The number of nitrogens with one attached hydrogen (secondary N) is 1. The zero-order valence-electron chi connectivity index (χ0n) is 17.9. The standard InChI is InChI=1S/C23H35N3O3/c1-3-20(22(27)24-19-10-6-7-11-21(19)29-4-2)25-16-12-18(13-17-25)23(28)26-14-8-5-9-15-26/h6-7,10-11,18,20H,3-5,8-9,12-17H2,1-2H3,(H,24,27). The van der Waals surface area contributed by atoms with Gasteiger partial charge in [-0.25, -0.2) is 0 Å². The summed E-state index contributed by atoms with van der Waals surface area (Å²) in [7, 11) is 0. The van der Waals surface area contributed by atoms with Crippen LogP contribution in [0.25, 0.3) is 0 Å². The second kappa shape index (κ2) is 10.6. The molecule has 1 aromatic rings. The van der Waals surface area contributed by atoms with Crippen molar-refractivity contribution in [3.05, 3.63) is 24.3 Å². The number of carbonyl (C=O) groups is 2. The highest BCUT2D eigenvalue weighted by Gasteiger charge is 2.33. The van der Waals surface area contributed by atoms with Crippen molar-refractivity contribution in [2.24, 2.45) is 5.92 Å². The molecule has 1 atom stereocenters. The van der Waals surface area contributed by atoms with Gasteiger partial charge in [-0.15, -0.1) is 0 Å². The van der Waals surface area contributed by atoms with Crippen LogP contribution in [0.5, 0.6) is 5.75 Å². The lowest BCUT2D eigenvalue weighted by atomic mass is 9.93. The Balaban J connectivity index is 1.55. The fraction of sp³-hybridized carbons (Fsp3) is 0.652. The van der Waals surface area contributed by atoms with Crippen LogP contribution in [0.15, 0.2) is 24.3 Å². The third-order valence-corrected chi connectivity index (χ3v) is 6.12. The van der Waals surface area contributed by atoms with Gasteiger partial charge in [0.15, 0.2) is 0 Å². The molecule has 1 N–H and O–H groups in total. The molecule has 0 bridgehead atoms. The molecular formula is C23H35N3O3. The lowest BCUT2D eigenvalue weighted by molar-refractivity contribution is -0.138. The number of carbonyl (C=O) groups excluding carboxylic acids is 2. The number of likely N-dealkylation sites (tertiary alicyclic amines) is 2. The van der Waals surface area contributed by atoms with Crippen molar-refractivity contribution in [1.29, 1.82) is 0 Å². The van der Waals surface area contributed by atoms with E-state index >= 15 is 0 Å². The van der Waals surface area contributed by atoms with Gasteiger partial charge in [0.25, 0.3) is 0 Å². The number of anilines is 1. The Morgan fingerprint density at radius 3 is 2.41 bits per heavy atom. The molecule has 2 heterocycles. The van der Waals surface area contributed by atoms with Crippen molar-refractivity contribution in [2.75, 3.05) is 38.1 Å². The Kier molecular flexibility index (Phi) is 7.92. The SMILES string of the molecule is CCOc1ccccc1NC(=O)C(CC)N1CCC(C(=O)N2CCCCC2)CC1. The van der Waals surface area contributed by atoms with Crippen LogP contribution in [-0.2, 0) is 9.59 Å². The molecule has 2 amide bonds. The Morgan fingerprint density at radius 1 is 1.07 bits per heavy atom. The van der Waals surface area contributed by atoms with Gasteiger partial charge in [0.2, 0.25) is 11.8 Å². The molecular weight excluding hydrogens is 366 g/mol. The number of piperidine rings is 2. The van der Waals surface area contributed by atoms with Gasteiger partial charge in [-0.1, -0.05) is 19.1 Å². The van der Waals surface area contributed by atoms with Gasteiger partial charge in [-0.3, -0.25) is 14.5 Å². The second-order valence-electron chi connectivity index (χ2n) is 8.04. The summed E-state index contributed by atoms with van der Waals surface area (Å²) in [5.74, 6) is 1.14. The van der Waals surface area contributed by atoms with Gasteiger partial charge in [0, 0.05) is 19.0 Å². The van der Waals surface area contributed by atoms with Crippen molar-refractivity contribution < 1.29 is 14.3 Å². The zero-order chi connectivity index (χ0) is 20.6. The summed E-state index contributed by atoms with van der Waals surface area (Å²) in [6, 6.07) is 7.37. The maximum atomic E-state index is 13.0. The molecule has 0 spiro atoms. The minimum absolute atomic E-state index is 0.000426. The summed E-state index contributed by atoms with van der Waals surface area (Å²) >= 11 is 0. The first-order valence-corrected chi connectivity index (χ1v) is 11.2. The molecule has 160 valence electrons. The van der Waals surface area contributed by atoms with E-state index in [2.05, 4.69) is 15.1 Å². The maximum Gasteiger partial charge on any atom is 0.241 e. The Morgan fingerprint density at radius 2 is 1.76 bits per heavy atom. The van der Waals surface area contributed by atoms with E-state index in [1.807, 2.05) is 38.1 Å². The molecule has 2 saturated heterocycles. The lowest BCUT2D eigenvalue weighted by Gasteiger charge is -2.38. The highest BCUT2D eigenvalue weighted by atomic mass is 16.5. The molecule has 3 rings (SSSR count). The molecule has 0 aliphatic carbocycles. The largest absolute Gasteiger partial charge is 0.492 e. The Hall–Kier alpha value is -2.08. The van der Waals surface area contributed by atoms with Gasteiger partial charge < -0.3 is 15.0 Å². The summed E-state index contributed by atoms with van der Waals surface area (Å²) in [6.07, 6.45) is 5.93. The molecule has 0 saturated carbocycles. The highest BCUT2D eigenvalue weighted by Crippen LogP contribution is 2.27. The second-order valence-corrected chi connectivity index (χ2v) is 8.04. The van der Waals surface area contributed by atoms with Crippen molar-refractivity contribution in [3.8, 4) is 5.75 Å². The van der Waals surface area contributed by atoms with Crippen LogP contribution < -0.4 is 10.1 Å². The van der Waals surface area contributed by atoms with E-state index in [1.54, 1.807) is 0 Å². The number of rotatable bonds is 7. The fourth-order valence-corrected chi connectivity index (χ4v) is 4.51. The molecule has 1 unspecified atom stereocenters. The van der Waals surface area contributed by atoms with E-state index < -0.39 is 0 Å². The van der Waals surface area contributed by atoms with E-state index in [9.17, 15) is 9.59 Å². The van der Waals surface area contributed by atoms with Crippen LogP contribution in [0.3, 0.4) is 0 Å². The zero-order valence-corrected chi connectivity index (χ0v) is 17.9. The van der Waals surface area contributed by atoms with E-state index in [0.717, 1.165) is 58.3 Å². The topological polar surface area (TPSA) is 61.9 Å². The predicted octanol–water partition coefficient (Wildman–Crippen LogP) is 3.53. The first-order chi connectivity index (χ1) is 14.1. The first kappa shape index (κ1) is 21.6. The Bertz CT molecular complexity index is 680. The molecule has 2 aliphatic heterocycles. The third-order valence-electron chi connectivity index (χ3n) is 6.12. The number of ether oxygens (including phenoxy) is 1. The Labute approximate surface area is 174 Å². The summed E-state index contributed by atoms with van der Waals surface area (Å²) in [5, 5.41) is 3.05. The summed E-state index contributed by atoms with van der Waals surface area (Å²) in [4.78, 5) is 30.1. The normalized spacial score (nSPS) is 19.6. The molecule has 29 heavy (non-hydrogen) atoms. The van der Waals surface area contributed by atoms with Crippen LogP contribution in [0.1, 0.15) is 52.4 Å². The summed E-state index contributed by atoms with van der Waals surface area (Å²) in [6.45, 7) is 7.96. The molecule has 6 heteroatoms.